The van der Waals surface area contributed by atoms with E-state index in [-0.39, 0.29) is 5.91 Å². The van der Waals surface area contributed by atoms with Crippen molar-refractivity contribution in [3.8, 4) is 0 Å². The van der Waals surface area contributed by atoms with Gasteiger partial charge >= 0.3 is 0 Å². The van der Waals surface area contributed by atoms with Crippen molar-refractivity contribution in [2.24, 2.45) is 0 Å². The van der Waals surface area contributed by atoms with Gasteiger partial charge in [-0.1, -0.05) is 30.8 Å². The van der Waals surface area contributed by atoms with Crippen LogP contribution in [0, 0.1) is 6.92 Å². The van der Waals surface area contributed by atoms with Crippen LogP contribution in [0.15, 0.2) is 10.6 Å². The fraction of sp³-hybridized carbons (Fsp3) is 0.778. The normalized spacial score (nSPS) is 21.5. The molecule has 6 nitrogen and oxygen atoms in total. The highest BCUT2D eigenvalue weighted by Gasteiger charge is 2.21. The molecular weight excluding hydrogens is 304 g/mol. The van der Waals surface area contributed by atoms with E-state index in [0.29, 0.717) is 12.6 Å². The van der Waals surface area contributed by atoms with E-state index in [0.717, 1.165) is 57.0 Å². The summed E-state index contributed by atoms with van der Waals surface area (Å²) >= 11 is 0. The number of aryl methyl sites for hydroxylation is 1. The highest BCUT2D eigenvalue weighted by molar-refractivity contribution is 5.78. The van der Waals surface area contributed by atoms with Crippen LogP contribution in [0.5, 0.6) is 0 Å². The molecule has 2 aliphatic rings. The molecule has 0 spiro atoms. The van der Waals surface area contributed by atoms with Crippen LogP contribution in [0.2, 0.25) is 0 Å². The van der Waals surface area contributed by atoms with Gasteiger partial charge in [0, 0.05) is 38.3 Å². The van der Waals surface area contributed by atoms with Crippen molar-refractivity contribution in [3.05, 3.63) is 17.5 Å². The Kier molecular flexibility index (Phi) is 6.26. The topological polar surface area (TPSA) is 61.6 Å². The zero-order valence-corrected chi connectivity index (χ0v) is 14.8. The van der Waals surface area contributed by atoms with E-state index < -0.39 is 0 Å². The number of nitrogens with zero attached hydrogens (tertiary/aromatic N) is 3. The lowest BCUT2D eigenvalue weighted by molar-refractivity contribution is -0.123. The van der Waals surface area contributed by atoms with E-state index >= 15 is 0 Å². The second-order valence-electron chi connectivity index (χ2n) is 7.24. The largest absolute Gasteiger partial charge is 0.360 e. The van der Waals surface area contributed by atoms with Gasteiger partial charge in [-0.2, -0.15) is 0 Å². The minimum atomic E-state index is 0.196. The summed E-state index contributed by atoms with van der Waals surface area (Å²) in [5, 5.41) is 7.18. The molecule has 1 aliphatic carbocycles. The van der Waals surface area contributed by atoms with Crippen LogP contribution in [0.3, 0.4) is 0 Å². The van der Waals surface area contributed by atoms with Crippen LogP contribution in [0.4, 0.5) is 0 Å². The maximum Gasteiger partial charge on any atom is 0.234 e. The van der Waals surface area contributed by atoms with Crippen LogP contribution in [-0.4, -0.2) is 59.6 Å². The Morgan fingerprint density at radius 2 is 1.83 bits per heavy atom. The van der Waals surface area contributed by atoms with Gasteiger partial charge in [0.2, 0.25) is 5.91 Å². The molecule has 2 fully saturated rings. The number of carbonyl (C=O) groups excluding carboxylic acids is 1. The molecule has 1 aliphatic heterocycles. The van der Waals surface area contributed by atoms with E-state index in [1.807, 2.05) is 13.0 Å². The van der Waals surface area contributed by atoms with E-state index in [1.54, 1.807) is 0 Å². The number of nitrogens with one attached hydrogen (secondary N) is 1. The van der Waals surface area contributed by atoms with Gasteiger partial charge in [0.25, 0.3) is 0 Å². The molecule has 0 unspecified atom stereocenters. The molecule has 1 amide bonds. The van der Waals surface area contributed by atoms with Gasteiger partial charge in [0.1, 0.15) is 0 Å². The summed E-state index contributed by atoms with van der Waals surface area (Å²) in [4.78, 5) is 16.9. The molecule has 24 heavy (non-hydrogen) atoms. The second kappa shape index (κ2) is 8.62. The smallest absolute Gasteiger partial charge is 0.234 e. The Hall–Kier alpha value is -1.40. The monoisotopic (exact) mass is 334 g/mol. The first kappa shape index (κ1) is 17.4. The Morgan fingerprint density at radius 1 is 1.17 bits per heavy atom. The zero-order valence-electron chi connectivity index (χ0n) is 14.8. The Morgan fingerprint density at radius 3 is 2.46 bits per heavy atom. The van der Waals surface area contributed by atoms with Gasteiger partial charge in [-0.05, 0) is 19.8 Å². The maximum atomic E-state index is 12.3. The molecule has 0 bridgehead atoms. The van der Waals surface area contributed by atoms with Gasteiger partial charge in [-0.25, -0.2) is 0 Å². The number of hydrogen-bond donors (Lipinski definition) is 1. The van der Waals surface area contributed by atoms with E-state index in [9.17, 15) is 4.79 Å². The molecule has 6 heteroatoms. The lowest BCUT2D eigenvalue weighted by atomic mass is 10.1. The molecule has 1 saturated carbocycles. The molecule has 1 N–H and O–H groups in total. The molecule has 134 valence electrons. The van der Waals surface area contributed by atoms with Gasteiger partial charge in [-0.3, -0.25) is 14.6 Å². The first-order chi connectivity index (χ1) is 11.7. The number of piperazine rings is 1. The number of amides is 1. The van der Waals surface area contributed by atoms with Crippen molar-refractivity contribution in [2.45, 2.75) is 58.0 Å². The number of aromatic nitrogens is 1. The summed E-state index contributed by atoms with van der Waals surface area (Å²) in [7, 11) is 0. The fourth-order valence-corrected chi connectivity index (χ4v) is 3.72. The summed E-state index contributed by atoms with van der Waals surface area (Å²) in [6.07, 6.45) is 7.44. The zero-order chi connectivity index (χ0) is 16.8. The van der Waals surface area contributed by atoms with Crippen molar-refractivity contribution in [1.82, 2.24) is 20.3 Å². The molecule has 0 radical (unpaired) electrons. The van der Waals surface area contributed by atoms with Crippen molar-refractivity contribution in [1.29, 1.82) is 0 Å². The minimum Gasteiger partial charge on any atom is -0.360 e. The molecular formula is C18H30N4O2. The molecule has 1 saturated heterocycles. The lowest BCUT2D eigenvalue weighted by Crippen LogP contribution is -2.50. The van der Waals surface area contributed by atoms with E-state index in [2.05, 4.69) is 20.3 Å². The third-order valence-electron chi connectivity index (χ3n) is 5.11. The molecule has 3 rings (SSSR count). The summed E-state index contributed by atoms with van der Waals surface area (Å²) in [5.74, 6) is 1.12. The second-order valence-corrected chi connectivity index (χ2v) is 7.24. The fourth-order valence-electron chi connectivity index (χ4n) is 3.72. The quantitative estimate of drug-likeness (QED) is 0.834. The highest BCUT2D eigenvalue weighted by atomic mass is 16.5. The predicted molar refractivity (Wildman–Crippen MR) is 92.6 cm³/mol. The van der Waals surface area contributed by atoms with Gasteiger partial charge < -0.3 is 9.84 Å². The Bertz CT molecular complexity index is 515. The van der Waals surface area contributed by atoms with Crippen LogP contribution in [0.1, 0.15) is 50.0 Å². The van der Waals surface area contributed by atoms with Crippen LogP contribution < -0.4 is 5.32 Å². The van der Waals surface area contributed by atoms with Gasteiger partial charge in [-0.15, -0.1) is 0 Å². The Balaban J connectivity index is 1.36. The number of carbonyl (C=O) groups is 1. The van der Waals surface area contributed by atoms with Crippen LogP contribution in [0.25, 0.3) is 0 Å². The number of hydrogen-bond acceptors (Lipinski definition) is 5. The minimum absolute atomic E-state index is 0.196. The Labute approximate surface area is 144 Å². The van der Waals surface area contributed by atoms with Crippen molar-refractivity contribution in [3.63, 3.8) is 0 Å². The first-order valence-electron chi connectivity index (χ1n) is 9.35. The standard InChI is InChI=1S/C18H30N4O2/c1-15-12-17(24-20-15)13-21-8-10-22(11-9-21)14-18(23)19-16-6-4-2-3-5-7-16/h12,16H,2-11,13-14H2,1H3,(H,19,23). The first-order valence-corrected chi connectivity index (χ1v) is 9.35. The molecule has 0 atom stereocenters. The third-order valence-corrected chi connectivity index (χ3v) is 5.11. The molecule has 0 aromatic carbocycles. The van der Waals surface area contributed by atoms with Crippen molar-refractivity contribution >= 4 is 5.91 Å². The SMILES string of the molecule is Cc1cc(CN2CCN(CC(=O)NC3CCCCCC3)CC2)on1. The molecule has 1 aromatic heterocycles. The van der Waals surface area contributed by atoms with Crippen LogP contribution >= 0.6 is 0 Å². The summed E-state index contributed by atoms with van der Waals surface area (Å²) in [5.41, 5.74) is 0.929. The van der Waals surface area contributed by atoms with E-state index in [1.165, 1.54) is 25.7 Å². The lowest BCUT2D eigenvalue weighted by Gasteiger charge is -2.33. The average Bonchev–Trinajstić information content (AvgIpc) is 2.81. The predicted octanol–water partition coefficient (Wildman–Crippen LogP) is 1.94. The summed E-state index contributed by atoms with van der Waals surface area (Å²) < 4.78 is 5.28. The van der Waals surface area contributed by atoms with Gasteiger partial charge in [0.15, 0.2) is 5.76 Å². The number of rotatable bonds is 5. The summed E-state index contributed by atoms with van der Waals surface area (Å²) in [6, 6.07) is 2.39. The molecule has 1 aromatic rings. The van der Waals surface area contributed by atoms with Crippen LogP contribution in [-0.2, 0) is 11.3 Å². The average molecular weight is 334 g/mol. The third kappa shape index (κ3) is 5.31. The maximum absolute atomic E-state index is 12.3. The highest BCUT2D eigenvalue weighted by Crippen LogP contribution is 2.17. The summed E-state index contributed by atoms with van der Waals surface area (Å²) in [6.45, 7) is 7.09. The molecule has 2 heterocycles. The van der Waals surface area contributed by atoms with E-state index in [4.69, 9.17) is 4.52 Å². The van der Waals surface area contributed by atoms with Gasteiger partial charge in [0.05, 0.1) is 18.8 Å². The van der Waals surface area contributed by atoms with Crippen molar-refractivity contribution in [2.75, 3.05) is 32.7 Å². The van der Waals surface area contributed by atoms with Crippen molar-refractivity contribution < 1.29 is 9.32 Å².